The first kappa shape index (κ1) is 23.6. The molecule has 4 nitrogen and oxygen atoms in total. The van der Waals surface area contributed by atoms with E-state index in [1.54, 1.807) is 0 Å². The third kappa shape index (κ3) is 3.68. The number of carbonyl (C=O) groups is 2. The maximum Gasteiger partial charge on any atom is 0.150 e. The second-order valence-electron chi connectivity index (χ2n) is 11.0. The molecule has 2 aliphatic rings. The van der Waals surface area contributed by atoms with Crippen LogP contribution in [0.15, 0.2) is 109 Å². The van der Waals surface area contributed by atoms with Gasteiger partial charge < -0.3 is 9.80 Å². The van der Waals surface area contributed by atoms with Crippen LogP contribution < -0.4 is 9.80 Å². The molecule has 0 atom stereocenters. The van der Waals surface area contributed by atoms with Crippen LogP contribution in [-0.4, -0.2) is 19.2 Å². The summed E-state index contributed by atoms with van der Waals surface area (Å²) in [5, 5.41) is 4.96. The third-order valence-electron chi connectivity index (χ3n) is 8.60. The van der Waals surface area contributed by atoms with Crippen LogP contribution in [0.1, 0.15) is 31.8 Å². The van der Waals surface area contributed by atoms with E-state index >= 15 is 0 Å². The number of anilines is 2. The van der Waals surface area contributed by atoms with E-state index < -0.39 is 0 Å². The maximum atomic E-state index is 11.3. The van der Waals surface area contributed by atoms with Crippen molar-refractivity contribution in [2.75, 3.05) is 16.5 Å². The number of fused-ring (bicyclic) bond motifs is 10. The van der Waals surface area contributed by atoms with Gasteiger partial charge in [0.15, 0.2) is 0 Å². The second kappa shape index (κ2) is 9.17. The quantitative estimate of drug-likeness (QED) is 0.215. The first-order chi connectivity index (χ1) is 20.2. The summed E-state index contributed by atoms with van der Waals surface area (Å²) in [4.78, 5) is 27.6. The van der Waals surface area contributed by atoms with Crippen molar-refractivity contribution in [3.63, 3.8) is 0 Å². The molecule has 8 rings (SSSR count). The van der Waals surface area contributed by atoms with Gasteiger partial charge in [-0.2, -0.15) is 0 Å². The zero-order chi connectivity index (χ0) is 27.5. The van der Waals surface area contributed by atoms with E-state index in [2.05, 4.69) is 70.5 Å². The lowest BCUT2D eigenvalue weighted by molar-refractivity contribution is 0.111. The van der Waals surface area contributed by atoms with Crippen molar-refractivity contribution in [1.82, 2.24) is 0 Å². The summed E-state index contributed by atoms with van der Waals surface area (Å²) in [6, 6.07) is 37.8. The first-order valence-electron chi connectivity index (χ1n) is 13.9. The highest BCUT2D eigenvalue weighted by atomic mass is 16.1. The van der Waals surface area contributed by atoms with Crippen molar-refractivity contribution in [3.8, 4) is 22.3 Å². The highest BCUT2D eigenvalue weighted by Gasteiger charge is 2.33. The predicted molar refractivity (Wildman–Crippen MR) is 167 cm³/mol. The highest BCUT2D eigenvalue weighted by molar-refractivity contribution is 6.08. The van der Waals surface area contributed by atoms with Crippen molar-refractivity contribution in [3.05, 3.63) is 131 Å². The van der Waals surface area contributed by atoms with Crippen LogP contribution in [0.2, 0.25) is 0 Å². The van der Waals surface area contributed by atoms with Gasteiger partial charge in [-0.1, -0.05) is 97.1 Å². The molecule has 2 bridgehead atoms. The number of nitrogens with zero attached hydrogens (tertiary/aromatic N) is 2. The van der Waals surface area contributed by atoms with E-state index in [9.17, 15) is 9.59 Å². The molecule has 0 saturated heterocycles. The van der Waals surface area contributed by atoms with Gasteiger partial charge in [-0.3, -0.25) is 9.59 Å². The van der Waals surface area contributed by atoms with Crippen LogP contribution in [0.5, 0.6) is 0 Å². The van der Waals surface area contributed by atoms with Gasteiger partial charge >= 0.3 is 0 Å². The predicted octanol–water partition coefficient (Wildman–Crippen LogP) is 8.25. The fraction of sp³-hybridized carbons (Fsp3) is 0.0811. The van der Waals surface area contributed by atoms with Crippen LogP contribution in [-0.2, 0) is 13.1 Å². The Morgan fingerprint density at radius 3 is 1.27 bits per heavy atom. The number of hydrogen-bond donors (Lipinski definition) is 0. The Hall–Kier alpha value is -5.22. The molecule has 196 valence electrons. The van der Waals surface area contributed by atoms with E-state index in [4.69, 9.17) is 0 Å². The van der Waals surface area contributed by atoms with E-state index in [1.165, 1.54) is 55.2 Å². The van der Waals surface area contributed by atoms with Gasteiger partial charge in [0.25, 0.3) is 0 Å². The summed E-state index contributed by atoms with van der Waals surface area (Å²) in [6.45, 7) is 2.48. The van der Waals surface area contributed by atoms with Crippen molar-refractivity contribution in [1.29, 1.82) is 0 Å². The van der Waals surface area contributed by atoms with Crippen LogP contribution in [0, 0.1) is 0 Å². The minimum absolute atomic E-state index is 0.685. The van der Waals surface area contributed by atoms with E-state index in [1.807, 2.05) is 48.5 Å². The Balaban J connectivity index is 1.30. The molecule has 0 spiro atoms. The highest BCUT2D eigenvalue weighted by Crippen LogP contribution is 2.48. The van der Waals surface area contributed by atoms with Gasteiger partial charge in [0, 0.05) is 35.0 Å². The molecule has 0 fully saturated rings. The molecule has 0 aromatic heterocycles. The van der Waals surface area contributed by atoms with Crippen molar-refractivity contribution in [2.24, 2.45) is 0 Å². The summed E-state index contributed by atoms with van der Waals surface area (Å²) in [5.41, 5.74) is 11.2. The number of carbonyl (C=O) groups excluding carboxylic acids is 2. The van der Waals surface area contributed by atoms with Gasteiger partial charge in [0.05, 0.1) is 18.0 Å². The molecule has 0 saturated carbocycles. The molecule has 41 heavy (non-hydrogen) atoms. The zero-order valence-corrected chi connectivity index (χ0v) is 22.4. The molecule has 0 unspecified atom stereocenters. The largest absolute Gasteiger partial charge is 0.349 e. The Kier molecular flexibility index (Phi) is 5.29. The standard InChI is InChI=1S/C37H26N2O2/c40-21-24-9-13-26(14-10-24)34-17-28-19-39-23-38(36(28)32-7-3-1-5-30(32)34)20-29-18-35(27-15-11-25(22-41)12-16-27)31-6-2-4-8-33(31)37(29)39/h1-18,21-22H,19-20,23H2. The lowest BCUT2D eigenvalue weighted by Crippen LogP contribution is -2.46. The summed E-state index contributed by atoms with van der Waals surface area (Å²) in [6.07, 6.45) is 1.79. The molecule has 0 N–H and O–H groups in total. The molecule has 6 aromatic rings. The first-order valence-corrected chi connectivity index (χ1v) is 13.9. The Bertz CT molecular complexity index is 1860. The maximum absolute atomic E-state index is 11.3. The molecule has 6 aromatic carbocycles. The van der Waals surface area contributed by atoms with Crippen LogP contribution in [0.4, 0.5) is 11.4 Å². The van der Waals surface area contributed by atoms with Crippen molar-refractivity contribution >= 4 is 45.5 Å². The molecule has 2 aliphatic heterocycles. The smallest absolute Gasteiger partial charge is 0.150 e. The number of aldehydes is 2. The molecule has 2 heterocycles. The van der Waals surface area contributed by atoms with Gasteiger partial charge in [0.1, 0.15) is 12.6 Å². The van der Waals surface area contributed by atoms with Crippen LogP contribution in [0.3, 0.4) is 0 Å². The summed E-state index contributed by atoms with van der Waals surface area (Å²) < 4.78 is 0. The van der Waals surface area contributed by atoms with Gasteiger partial charge in [-0.25, -0.2) is 0 Å². The monoisotopic (exact) mass is 530 g/mol. The Morgan fingerprint density at radius 1 is 0.488 bits per heavy atom. The SMILES string of the molecule is O=Cc1ccc(-c2cc3c(c4ccccc24)N2Cc4cc(-c5ccc(C=O)cc5)c5ccccc5c4N(C3)C2)cc1. The van der Waals surface area contributed by atoms with Gasteiger partial charge in [0.2, 0.25) is 0 Å². The minimum atomic E-state index is 0.685. The molecule has 4 heteroatoms. The summed E-state index contributed by atoms with van der Waals surface area (Å²) in [7, 11) is 0. The average molecular weight is 531 g/mol. The molecule has 0 amide bonds. The summed E-state index contributed by atoms with van der Waals surface area (Å²) >= 11 is 0. The van der Waals surface area contributed by atoms with Gasteiger partial charge in [-0.15, -0.1) is 0 Å². The van der Waals surface area contributed by atoms with Gasteiger partial charge in [-0.05, 0) is 56.3 Å². The van der Waals surface area contributed by atoms with E-state index in [-0.39, 0.29) is 0 Å². The number of benzene rings is 6. The summed E-state index contributed by atoms with van der Waals surface area (Å²) in [5.74, 6) is 0. The second-order valence-corrected chi connectivity index (χ2v) is 11.0. The van der Waals surface area contributed by atoms with E-state index in [0.29, 0.717) is 11.1 Å². The van der Waals surface area contributed by atoms with E-state index in [0.717, 1.165) is 43.5 Å². The number of hydrogen-bond acceptors (Lipinski definition) is 4. The Labute approximate surface area is 238 Å². The average Bonchev–Trinajstić information content (AvgIpc) is 3.03. The fourth-order valence-electron chi connectivity index (χ4n) is 6.80. The normalized spacial score (nSPS) is 13.7. The lowest BCUT2D eigenvalue weighted by atomic mass is 9.88. The van der Waals surface area contributed by atoms with Crippen LogP contribution in [0.25, 0.3) is 43.8 Å². The topological polar surface area (TPSA) is 40.6 Å². The third-order valence-corrected chi connectivity index (χ3v) is 8.60. The molecule has 0 radical (unpaired) electrons. The zero-order valence-electron chi connectivity index (χ0n) is 22.4. The van der Waals surface area contributed by atoms with Crippen LogP contribution >= 0.6 is 0 Å². The molecule has 0 aliphatic carbocycles. The van der Waals surface area contributed by atoms with Crippen molar-refractivity contribution in [2.45, 2.75) is 13.1 Å². The lowest BCUT2D eigenvalue weighted by Gasteiger charge is -2.46. The Morgan fingerprint density at radius 2 is 0.878 bits per heavy atom. The fourth-order valence-corrected chi connectivity index (χ4v) is 6.80. The van der Waals surface area contributed by atoms with Crippen molar-refractivity contribution < 1.29 is 9.59 Å². The molecular weight excluding hydrogens is 504 g/mol. The minimum Gasteiger partial charge on any atom is -0.349 e. The number of rotatable bonds is 4. The molecular formula is C37H26N2O2.